The zero-order valence-electron chi connectivity index (χ0n) is 15.1. The van der Waals surface area contributed by atoms with E-state index in [9.17, 15) is 19.7 Å². The zero-order chi connectivity index (χ0) is 21.0. The lowest BCUT2D eigenvalue weighted by atomic mass is 10.1. The van der Waals surface area contributed by atoms with Crippen LogP contribution in [-0.2, 0) is 0 Å². The summed E-state index contributed by atoms with van der Waals surface area (Å²) in [6.45, 7) is 1.42. The molecule has 0 aliphatic carbocycles. The number of carbonyl (C=O) groups is 2. The number of carbonyl (C=O) groups excluding carboxylic acids is 1. The number of hydrogen-bond donors (Lipinski definition) is 3. The monoisotopic (exact) mass is 393 g/mol. The molecule has 0 amide bonds. The van der Waals surface area contributed by atoms with E-state index < -0.39 is 16.6 Å². The number of aromatic nitrogens is 2. The minimum atomic E-state index is -1.08. The molecule has 146 valence electrons. The number of anilines is 4. The van der Waals surface area contributed by atoms with Gasteiger partial charge in [-0.3, -0.25) is 14.9 Å². The number of Topliss-reactive ketones (excluding diaryl/α,β-unsaturated/α-hetero) is 1. The first-order valence-corrected chi connectivity index (χ1v) is 8.33. The van der Waals surface area contributed by atoms with Gasteiger partial charge in [-0.25, -0.2) is 14.8 Å². The van der Waals surface area contributed by atoms with Crippen LogP contribution in [0.15, 0.2) is 54.9 Å². The van der Waals surface area contributed by atoms with Crippen LogP contribution in [0.25, 0.3) is 0 Å². The van der Waals surface area contributed by atoms with Crippen LogP contribution in [0.2, 0.25) is 0 Å². The Morgan fingerprint density at radius 1 is 0.966 bits per heavy atom. The van der Waals surface area contributed by atoms with Gasteiger partial charge in [0.2, 0.25) is 11.6 Å². The van der Waals surface area contributed by atoms with Crippen LogP contribution in [0.1, 0.15) is 27.6 Å². The van der Waals surface area contributed by atoms with E-state index in [1.54, 1.807) is 24.3 Å². The van der Waals surface area contributed by atoms with Crippen molar-refractivity contribution in [3.05, 3.63) is 76.1 Å². The van der Waals surface area contributed by atoms with Crippen LogP contribution in [0.4, 0.5) is 28.7 Å². The predicted molar refractivity (Wildman–Crippen MR) is 105 cm³/mol. The molecule has 3 N–H and O–H groups in total. The third-order valence-corrected chi connectivity index (χ3v) is 3.93. The summed E-state index contributed by atoms with van der Waals surface area (Å²) in [5.41, 5.74) is 1.00. The summed E-state index contributed by atoms with van der Waals surface area (Å²) < 4.78 is 0. The number of nitrogens with zero attached hydrogens (tertiary/aromatic N) is 3. The molecule has 10 heteroatoms. The van der Waals surface area contributed by atoms with Crippen LogP contribution in [-0.4, -0.2) is 31.8 Å². The molecule has 1 aromatic heterocycles. The molecule has 0 unspecified atom stereocenters. The predicted octanol–water partition coefficient (Wildman–Crippen LogP) is 3.77. The smallest absolute Gasteiger partial charge is 0.353 e. The Morgan fingerprint density at radius 2 is 1.59 bits per heavy atom. The molecule has 0 atom stereocenters. The summed E-state index contributed by atoms with van der Waals surface area (Å²) in [6.07, 6.45) is 1.15. The summed E-state index contributed by atoms with van der Waals surface area (Å²) in [5.74, 6) is -1.35. The van der Waals surface area contributed by atoms with Crippen molar-refractivity contribution < 1.29 is 19.6 Å². The summed E-state index contributed by atoms with van der Waals surface area (Å²) in [4.78, 5) is 41.4. The van der Waals surface area contributed by atoms with E-state index in [2.05, 4.69) is 20.6 Å². The Kier molecular flexibility index (Phi) is 5.44. The third kappa shape index (κ3) is 4.50. The molecule has 1 heterocycles. The van der Waals surface area contributed by atoms with Crippen molar-refractivity contribution in [2.75, 3.05) is 10.6 Å². The van der Waals surface area contributed by atoms with Gasteiger partial charge in [-0.2, -0.15) is 0 Å². The molecule has 0 spiro atoms. The molecule has 0 saturated carbocycles. The lowest BCUT2D eigenvalue weighted by Gasteiger charge is -2.11. The van der Waals surface area contributed by atoms with Crippen molar-refractivity contribution in [2.24, 2.45) is 0 Å². The van der Waals surface area contributed by atoms with Gasteiger partial charge < -0.3 is 15.7 Å². The highest BCUT2D eigenvalue weighted by molar-refractivity contribution is 5.95. The van der Waals surface area contributed by atoms with Gasteiger partial charge in [-0.15, -0.1) is 0 Å². The van der Waals surface area contributed by atoms with Crippen molar-refractivity contribution >= 4 is 40.5 Å². The van der Waals surface area contributed by atoms with Crippen LogP contribution >= 0.6 is 0 Å². The third-order valence-electron chi connectivity index (χ3n) is 3.93. The van der Waals surface area contributed by atoms with Gasteiger partial charge in [0.15, 0.2) is 5.78 Å². The number of carboxylic acids is 1. The molecule has 3 rings (SSSR count). The second kappa shape index (κ2) is 8.13. The number of ketones is 1. The van der Waals surface area contributed by atoms with Crippen molar-refractivity contribution in [2.45, 2.75) is 6.92 Å². The number of rotatable bonds is 7. The van der Waals surface area contributed by atoms with Crippen LogP contribution in [0, 0.1) is 10.1 Å². The number of benzene rings is 2. The lowest BCUT2D eigenvalue weighted by molar-refractivity contribution is -0.383. The highest BCUT2D eigenvalue weighted by Crippen LogP contribution is 2.33. The van der Waals surface area contributed by atoms with E-state index in [1.807, 2.05) is 0 Å². The van der Waals surface area contributed by atoms with Crippen molar-refractivity contribution in [3.63, 3.8) is 0 Å². The Balaban J connectivity index is 1.93. The first-order chi connectivity index (χ1) is 13.8. The normalized spacial score (nSPS) is 10.2. The van der Waals surface area contributed by atoms with Crippen molar-refractivity contribution in [3.8, 4) is 0 Å². The molecule has 2 aromatic carbocycles. The van der Waals surface area contributed by atoms with Crippen molar-refractivity contribution in [1.82, 2.24) is 9.97 Å². The summed E-state index contributed by atoms with van der Waals surface area (Å²) in [6, 6.07) is 12.2. The van der Waals surface area contributed by atoms with Gasteiger partial charge in [0.1, 0.15) is 6.33 Å². The largest absolute Gasteiger partial charge is 0.478 e. The SMILES string of the molecule is CC(=O)c1cccc(Nc2ncnc(Nc3ccc(C(=O)O)cc3)c2[N+](=O)[O-])c1. The second-order valence-electron chi connectivity index (χ2n) is 5.95. The van der Waals surface area contributed by atoms with Gasteiger partial charge >= 0.3 is 11.7 Å². The van der Waals surface area contributed by atoms with Crippen LogP contribution in [0.5, 0.6) is 0 Å². The quantitative estimate of drug-likeness (QED) is 0.310. The standard InChI is InChI=1S/C19H15N5O5/c1-11(25)13-3-2-4-15(9-13)23-18-16(24(28)29)17(20-10-21-18)22-14-7-5-12(6-8-14)19(26)27/h2-10H,1H3,(H,26,27)(H2,20,21,22,23). The highest BCUT2D eigenvalue weighted by atomic mass is 16.6. The highest BCUT2D eigenvalue weighted by Gasteiger charge is 2.23. The van der Waals surface area contributed by atoms with E-state index in [4.69, 9.17) is 5.11 Å². The molecule has 10 nitrogen and oxygen atoms in total. The Bertz CT molecular complexity index is 1100. The van der Waals surface area contributed by atoms with E-state index >= 15 is 0 Å². The number of carboxylic acid groups (broad SMARTS) is 1. The molecule has 0 radical (unpaired) electrons. The Morgan fingerprint density at radius 3 is 2.14 bits per heavy atom. The zero-order valence-corrected chi connectivity index (χ0v) is 15.1. The molecule has 0 aliphatic rings. The first kappa shape index (κ1) is 19.4. The maximum Gasteiger partial charge on any atom is 0.353 e. The number of nitrogens with one attached hydrogen (secondary N) is 2. The average molecular weight is 393 g/mol. The molecular weight excluding hydrogens is 378 g/mol. The van der Waals surface area contributed by atoms with Gasteiger partial charge in [0.25, 0.3) is 0 Å². The number of aromatic carboxylic acids is 1. The lowest BCUT2D eigenvalue weighted by Crippen LogP contribution is -2.06. The number of hydrogen-bond acceptors (Lipinski definition) is 8. The second-order valence-corrected chi connectivity index (χ2v) is 5.95. The Labute approximate surface area is 164 Å². The van der Waals surface area contributed by atoms with Gasteiger partial charge in [-0.1, -0.05) is 12.1 Å². The molecule has 3 aromatic rings. The fourth-order valence-electron chi connectivity index (χ4n) is 2.52. The minimum Gasteiger partial charge on any atom is -0.478 e. The fourth-order valence-corrected chi connectivity index (χ4v) is 2.52. The molecule has 0 bridgehead atoms. The Hall–Kier alpha value is -4.34. The minimum absolute atomic E-state index is 0.0599. The number of nitro groups is 1. The molecule has 0 saturated heterocycles. The summed E-state index contributed by atoms with van der Waals surface area (Å²) in [5, 5.41) is 26.2. The van der Waals surface area contributed by atoms with Gasteiger partial charge in [-0.05, 0) is 43.3 Å². The topological polar surface area (TPSA) is 147 Å². The van der Waals surface area contributed by atoms with E-state index in [0.717, 1.165) is 6.33 Å². The van der Waals surface area contributed by atoms with E-state index in [-0.39, 0.29) is 23.0 Å². The molecule has 0 aliphatic heterocycles. The van der Waals surface area contributed by atoms with Gasteiger partial charge in [0.05, 0.1) is 10.5 Å². The van der Waals surface area contributed by atoms with Gasteiger partial charge in [0, 0.05) is 16.9 Å². The maximum absolute atomic E-state index is 11.7. The van der Waals surface area contributed by atoms with Crippen molar-refractivity contribution in [1.29, 1.82) is 0 Å². The average Bonchev–Trinajstić information content (AvgIpc) is 2.68. The molecular formula is C19H15N5O5. The van der Waals surface area contributed by atoms with E-state index in [0.29, 0.717) is 16.9 Å². The maximum atomic E-state index is 11.7. The fraction of sp³-hybridized carbons (Fsp3) is 0.0526. The van der Waals surface area contributed by atoms with Crippen LogP contribution in [0.3, 0.4) is 0 Å². The summed E-state index contributed by atoms with van der Waals surface area (Å²) in [7, 11) is 0. The summed E-state index contributed by atoms with van der Waals surface area (Å²) >= 11 is 0. The molecule has 0 fully saturated rings. The molecule has 29 heavy (non-hydrogen) atoms. The first-order valence-electron chi connectivity index (χ1n) is 8.33. The van der Waals surface area contributed by atoms with Crippen LogP contribution < -0.4 is 10.6 Å². The van der Waals surface area contributed by atoms with E-state index in [1.165, 1.54) is 31.2 Å².